The number of aryl methyl sites for hydroxylation is 1. The second-order valence-electron chi connectivity index (χ2n) is 6.57. The van der Waals surface area contributed by atoms with Crippen molar-refractivity contribution in [3.8, 4) is 0 Å². The molecule has 0 saturated heterocycles. The molecule has 0 aliphatic rings. The Hall–Kier alpha value is -2.91. The van der Waals surface area contributed by atoms with Crippen LogP contribution in [0.2, 0.25) is 0 Å². The average Bonchev–Trinajstić information content (AvgIpc) is 3.25. The Labute approximate surface area is 177 Å². The molecule has 4 aromatic rings. The minimum atomic E-state index is -4.42. The third kappa shape index (κ3) is 4.63. The molecule has 152 valence electrons. The van der Waals surface area contributed by atoms with Crippen LogP contribution in [0.15, 0.2) is 64.8 Å². The van der Waals surface area contributed by atoms with E-state index in [-0.39, 0.29) is 17.8 Å². The number of hydrogen-bond acceptors (Lipinski definition) is 6. The second kappa shape index (κ2) is 8.08. The summed E-state index contributed by atoms with van der Waals surface area (Å²) in [5.41, 5.74) is 1.36. The normalized spacial score (nSPS) is 12.1. The van der Waals surface area contributed by atoms with E-state index in [2.05, 4.69) is 15.2 Å². The van der Waals surface area contributed by atoms with Crippen LogP contribution >= 0.6 is 22.7 Å². The summed E-state index contributed by atoms with van der Waals surface area (Å²) in [6.45, 7) is 2.00. The van der Waals surface area contributed by atoms with Gasteiger partial charge in [-0.2, -0.15) is 13.2 Å². The van der Waals surface area contributed by atoms with Crippen LogP contribution in [-0.2, 0) is 12.6 Å². The summed E-state index contributed by atoms with van der Waals surface area (Å²) in [4.78, 5) is 17.6. The highest BCUT2D eigenvalue weighted by Crippen LogP contribution is 2.36. The van der Waals surface area contributed by atoms with E-state index in [1.54, 1.807) is 0 Å². The van der Waals surface area contributed by atoms with Crippen LogP contribution in [-0.4, -0.2) is 10.8 Å². The van der Waals surface area contributed by atoms with Gasteiger partial charge in [-0.3, -0.25) is 4.79 Å². The number of hydrogen-bond donors (Lipinski definition) is 0. The first-order chi connectivity index (χ1) is 14.3. The third-order valence-corrected chi connectivity index (χ3v) is 6.31. The van der Waals surface area contributed by atoms with E-state index in [9.17, 15) is 18.0 Å². The molecule has 9 heteroatoms. The summed E-state index contributed by atoms with van der Waals surface area (Å²) in [5, 5.41) is 9.77. The lowest BCUT2D eigenvalue weighted by Crippen LogP contribution is -2.07. The van der Waals surface area contributed by atoms with E-state index < -0.39 is 11.7 Å². The topological polar surface area (TPSA) is 54.7 Å². The number of ketones is 1. The lowest BCUT2D eigenvalue weighted by Gasteiger charge is -2.06. The van der Waals surface area contributed by atoms with Crippen LogP contribution in [0.1, 0.15) is 26.5 Å². The molecule has 0 N–H and O–H groups in total. The molecule has 0 bridgehead atoms. The van der Waals surface area contributed by atoms with Crippen molar-refractivity contribution in [1.82, 2.24) is 4.98 Å². The minimum Gasteiger partial charge on any atom is -0.294 e. The van der Waals surface area contributed by atoms with E-state index >= 15 is 0 Å². The van der Waals surface area contributed by atoms with Crippen LogP contribution < -0.4 is 0 Å². The third-order valence-electron chi connectivity index (χ3n) is 4.26. The number of benzene rings is 2. The van der Waals surface area contributed by atoms with Gasteiger partial charge in [0.2, 0.25) is 0 Å². The predicted molar refractivity (Wildman–Crippen MR) is 112 cm³/mol. The maximum atomic E-state index is 12.6. The Morgan fingerprint density at radius 2 is 1.70 bits per heavy atom. The van der Waals surface area contributed by atoms with E-state index in [1.165, 1.54) is 34.8 Å². The summed E-state index contributed by atoms with van der Waals surface area (Å²) < 4.78 is 38.8. The summed E-state index contributed by atoms with van der Waals surface area (Å²) in [7, 11) is 0. The first kappa shape index (κ1) is 20.4. The van der Waals surface area contributed by atoms with Crippen molar-refractivity contribution in [2.45, 2.75) is 19.5 Å². The van der Waals surface area contributed by atoms with Crippen molar-refractivity contribution in [2.75, 3.05) is 0 Å². The van der Waals surface area contributed by atoms with Crippen molar-refractivity contribution in [3.63, 3.8) is 0 Å². The fourth-order valence-corrected chi connectivity index (χ4v) is 4.75. The zero-order valence-electron chi connectivity index (χ0n) is 15.6. The van der Waals surface area contributed by atoms with Crippen LogP contribution in [0.5, 0.6) is 0 Å². The van der Waals surface area contributed by atoms with Gasteiger partial charge >= 0.3 is 6.18 Å². The molecule has 0 aliphatic carbocycles. The Morgan fingerprint density at radius 1 is 1.00 bits per heavy atom. The van der Waals surface area contributed by atoms with Gasteiger partial charge in [-0.05, 0) is 37.3 Å². The van der Waals surface area contributed by atoms with Crippen LogP contribution in [0.3, 0.4) is 0 Å². The monoisotopic (exact) mass is 445 g/mol. The fraction of sp³-hybridized carbons (Fsp3) is 0.143. The van der Waals surface area contributed by atoms with Gasteiger partial charge in [0.25, 0.3) is 0 Å². The molecule has 30 heavy (non-hydrogen) atoms. The number of thiazole rings is 1. The number of thiophene rings is 1. The van der Waals surface area contributed by atoms with Gasteiger partial charge < -0.3 is 0 Å². The van der Waals surface area contributed by atoms with Crippen LogP contribution in [0.25, 0.3) is 9.53 Å². The summed E-state index contributed by atoms with van der Waals surface area (Å²) in [6, 6.07) is 13.8. The Balaban J connectivity index is 1.45. The van der Waals surface area contributed by atoms with Gasteiger partial charge in [0.15, 0.2) is 5.78 Å². The quantitative estimate of drug-likeness (QED) is 0.236. The lowest BCUT2D eigenvalue weighted by atomic mass is 10.1. The van der Waals surface area contributed by atoms with Crippen molar-refractivity contribution < 1.29 is 18.0 Å². The maximum Gasteiger partial charge on any atom is 0.416 e. The van der Waals surface area contributed by atoms with E-state index in [0.29, 0.717) is 10.0 Å². The molecule has 0 fully saturated rings. The number of azo groups is 1. The Kier molecular flexibility index (Phi) is 5.48. The summed E-state index contributed by atoms with van der Waals surface area (Å²) in [6.07, 6.45) is -4.38. The second-order valence-corrected chi connectivity index (χ2v) is 8.70. The number of carbonyl (C=O) groups excluding carboxylic acids is 1. The number of aromatic nitrogens is 1. The highest BCUT2D eigenvalue weighted by molar-refractivity contribution is 7.29. The van der Waals surface area contributed by atoms with E-state index in [4.69, 9.17) is 0 Å². The predicted octanol–water partition coefficient (Wildman–Crippen LogP) is 7.53. The molecule has 0 aliphatic heterocycles. The van der Waals surface area contributed by atoms with Gasteiger partial charge in [-0.15, -0.1) is 21.6 Å². The SMILES string of the molecule is Cc1ccc(N=Nc2cc3sc(CC(=O)c4ccc(C(F)(F)F)cc4)nc3s2)cc1. The number of alkyl halides is 3. The van der Waals surface area contributed by atoms with Crippen molar-refractivity contribution in [1.29, 1.82) is 0 Å². The molecule has 0 saturated carbocycles. The lowest BCUT2D eigenvalue weighted by molar-refractivity contribution is -0.137. The maximum absolute atomic E-state index is 12.6. The Bertz CT molecular complexity index is 1190. The number of fused-ring (bicyclic) bond motifs is 1. The summed E-state index contributed by atoms with van der Waals surface area (Å²) in [5.74, 6) is -0.274. The molecule has 4 rings (SSSR count). The molecule has 0 spiro atoms. The number of halogens is 3. The van der Waals surface area contributed by atoms with E-state index in [1.807, 2.05) is 37.3 Å². The molecular weight excluding hydrogens is 431 g/mol. The number of rotatable bonds is 5. The largest absolute Gasteiger partial charge is 0.416 e. The molecule has 0 unspecified atom stereocenters. The number of nitrogens with zero attached hydrogens (tertiary/aromatic N) is 3. The molecule has 2 aromatic heterocycles. The molecule has 0 amide bonds. The molecular formula is C21H14F3N3OS2. The van der Waals surface area contributed by atoms with E-state index in [0.717, 1.165) is 32.9 Å². The molecule has 2 aromatic carbocycles. The first-order valence-corrected chi connectivity index (χ1v) is 10.5. The zero-order valence-corrected chi connectivity index (χ0v) is 17.2. The Morgan fingerprint density at radius 3 is 2.33 bits per heavy atom. The highest BCUT2D eigenvalue weighted by atomic mass is 32.1. The molecule has 2 heterocycles. The van der Waals surface area contributed by atoms with Gasteiger partial charge in [-0.25, -0.2) is 4.98 Å². The first-order valence-electron chi connectivity index (χ1n) is 8.86. The zero-order chi connectivity index (χ0) is 21.3. The fourth-order valence-electron chi connectivity index (χ4n) is 2.69. The van der Waals surface area contributed by atoms with Crippen molar-refractivity contribution in [3.05, 3.63) is 76.3 Å². The van der Waals surface area contributed by atoms with Gasteiger partial charge in [0, 0.05) is 5.56 Å². The van der Waals surface area contributed by atoms with Gasteiger partial charge in [0.05, 0.1) is 22.4 Å². The molecule has 0 radical (unpaired) electrons. The number of carbonyl (C=O) groups is 1. The van der Waals surface area contributed by atoms with Crippen LogP contribution in [0, 0.1) is 6.92 Å². The van der Waals surface area contributed by atoms with Crippen LogP contribution in [0.4, 0.5) is 23.9 Å². The van der Waals surface area contributed by atoms with Crippen molar-refractivity contribution in [2.24, 2.45) is 10.2 Å². The van der Waals surface area contributed by atoms with Gasteiger partial charge in [-0.1, -0.05) is 41.2 Å². The average molecular weight is 445 g/mol. The number of Topliss-reactive ketones (excluding diaryl/α,β-unsaturated/α-hetero) is 1. The van der Waals surface area contributed by atoms with Crippen molar-refractivity contribution >= 4 is 48.7 Å². The summed E-state index contributed by atoms with van der Waals surface area (Å²) >= 11 is 2.74. The van der Waals surface area contributed by atoms with Gasteiger partial charge in [0.1, 0.15) is 14.8 Å². The highest BCUT2D eigenvalue weighted by Gasteiger charge is 2.30. The standard InChI is InChI=1S/C21H14F3N3OS2/c1-12-2-8-15(9-3-12)26-27-19-11-17-20(30-19)25-18(29-17)10-16(28)13-4-6-14(7-5-13)21(22,23)24/h2-9,11H,10H2,1H3. The smallest absolute Gasteiger partial charge is 0.294 e. The molecule has 0 atom stereocenters. The molecule has 4 nitrogen and oxygen atoms in total. The minimum absolute atomic E-state index is 0.0393.